The van der Waals surface area contributed by atoms with E-state index < -0.39 is 0 Å². The van der Waals surface area contributed by atoms with Gasteiger partial charge in [-0.05, 0) is 60.4 Å². The minimum atomic E-state index is -0.106. The smallest absolute Gasteiger partial charge is 0.228 e. The van der Waals surface area contributed by atoms with E-state index in [0.717, 1.165) is 17.7 Å². The van der Waals surface area contributed by atoms with Gasteiger partial charge in [-0.2, -0.15) is 0 Å². The van der Waals surface area contributed by atoms with Gasteiger partial charge in [0.25, 0.3) is 0 Å². The zero-order chi connectivity index (χ0) is 19.1. The molecule has 1 fully saturated rings. The molecule has 2 aromatic carbocycles. The number of carbonyl (C=O) groups is 1. The van der Waals surface area contributed by atoms with Gasteiger partial charge in [0, 0.05) is 11.6 Å². The second kappa shape index (κ2) is 7.25. The van der Waals surface area contributed by atoms with E-state index in [4.69, 9.17) is 23.2 Å². The van der Waals surface area contributed by atoms with E-state index in [-0.39, 0.29) is 23.2 Å². The molecule has 3 atom stereocenters. The summed E-state index contributed by atoms with van der Waals surface area (Å²) in [6.45, 7) is 8.64. The highest BCUT2D eigenvalue weighted by Gasteiger charge is 2.50. The fourth-order valence-corrected chi connectivity index (χ4v) is 4.38. The van der Waals surface area contributed by atoms with Crippen molar-refractivity contribution >= 4 is 34.8 Å². The lowest BCUT2D eigenvalue weighted by Crippen LogP contribution is -2.33. The maximum absolute atomic E-state index is 13.0. The number of amides is 1. The van der Waals surface area contributed by atoms with Crippen LogP contribution < -0.4 is 5.32 Å². The van der Waals surface area contributed by atoms with E-state index in [1.165, 1.54) is 5.56 Å². The predicted octanol–water partition coefficient (Wildman–Crippen LogP) is 6.71. The molecule has 0 saturated heterocycles. The first-order valence-electron chi connectivity index (χ1n) is 9.02. The van der Waals surface area contributed by atoms with Crippen molar-refractivity contribution in [2.24, 2.45) is 17.3 Å². The first-order chi connectivity index (χ1) is 12.2. The van der Waals surface area contributed by atoms with Crippen molar-refractivity contribution in [1.82, 2.24) is 0 Å². The predicted molar refractivity (Wildman–Crippen MR) is 110 cm³/mol. The molecule has 2 aromatic rings. The number of nitrogens with one attached hydrogen (secondary N) is 1. The first-order valence-corrected chi connectivity index (χ1v) is 9.78. The third kappa shape index (κ3) is 3.63. The van der Waals surface area contributed by atoms with Crippen molar-refractivity contribution < 1.29 is 4.79 Å². The van der Waals surface area contributed by atoms with E-state index in [1.807, 2.05) is 49.4 Å². The number of benzene rings is 2. The minimum absolute atomic E-state index is 0.0572. The number of hydrogen-bond donors (Lipinski definition) is 1. The third-order valence-corrected chi connectivity index (χ3v) is 6.91. The monoisotopic (exact) mass is 389 g/mol. The molecular weight excluding hydrogens is 365 g/mol. The van der Waals surface area contributed by atoms with Gasteiger partial charge in [0.15, 0.2) is 0 Å². The van der Waals surface area contributed by atoms with Gasteiger partial charge in [-0.3, -0.25) is 4.79 Å². The highest BCUT2D eigenvalue weighted by Crippen LogP contribution is 2.55. The quantitative estimate of drug-likeness (QED) is 0.620. The van der Waals surface area contributed by atoms with Crippen LogP contribution in [-0.4, -0.2) is 5.91 Å². The summed E-state index contributed by atoms with van der Waals surface area (Å²) in [4.78, 5) is 13.0. The largest absolute Gasteiger partial charge is 0.326 e. The molecular formula is C22H25Cl2NO. The summed E-state index contributed by atoms with van der Waals surface area (Å²) in [7, 11) is 0. The van der Waals surface area contributed by atoms with Crippen molar-refractivity contribution in [3.05, 3.63) is 63.6 Å². The van der Waals surface area contributed by atoms with E-state index in [9.17, 15) is 4.79 Å². The van der Waals surface area contributed by atoms with Crippen molar-refractivity contribution in [2.45, 2.75) is 40.0 Å². The van der Waals surface area contributed by atoms with Gasteiger partial charge in [0.1, 0.15) is 0 Å². The van der Waals surface area contributed by atoms with Gasteiger partial charge in [-0.15, -0.1) is 0 Å². The Morgan fingerprint density at radius 1 is 1.08 bits per heavy atom. The topological polar surface area (TPSA) is 29.1 Å². The summed E-state index contributed by atoms with van der Waals surface area (Å²) >= 11 is 12.3. The highest BCUT2D eigenvalue weighted by atomic mass is 35.5. The molecule has 0 aliphatic heterocycles. The molecule has 1 amide bonds. The van der Waals surface area contributed by atoms with Gasteiger partial charge in [0.2, 0.25) is 5.91 Å². The number of carbonyl (C=O) groups excluding carboxylic acids is 1. The molecule has 0 aromatic heterocycles. The Bertz CT molecular complexity index is 813. The summed E-state index contributed by atoms with van der Waals surface area (Å²) in [6.07, 6.45) is 0.809. The van der Waals surface area contributed by atoms with Crippen molar-refractivity contribution in [3.63, 3.8) is 0 Å². The van der Waals surface area contributed by atoms with Crippen LogP contribution in [0.15, 0.2) is 42.5 Å². The maximum Gasteiger partial charge on any atom is 0.228 e. The molecule has 4 heteroatoms. The lowest BCUT2D eigenvalue weighted by molar-refractivity contribution is -0.122. The standard InChI is InChI=1S/C22H25Cl2NO/c1-13-5-8-16(9-6-13)25-21(26)18-12-17(14(2)22(18,3)4)15-7-10-19(23)20(24)11-15/h5-11,14,17-18H,12H2,1-4H3,(H,25,26)/t14-,17-,18-/m0/s1. The molecule has 0 radical (unpaired) electrons. The van der Waals surface area contributed by atoms with Crippen LogP contribution in [0.3, 0.4) is 0 Å². The Kier molecular flexibility index (Phi) is 5.37. The van der Waals surface area contributed by atoms with E-state index >= 15 is 0 Å². The SMILES string of the molecule is Cc1ccc(NC(=O)[C@@H]2C[C@H](c3ccc(Cl)c(Cl)c3)[C@H](C)C2(C)C)cc1. The summed E-state index contributed by atoms with van der Waals surface area (Å²) in [5, 5.41) is 4.23. The van der Waals surface area contributed by atoms with Crippen LogP contribution in [0.25, 0.3) is 0 Å². The lowest BCUT2D eigenvalue weighted by atomic mass is 9.74. The molecule has 0 unspecified atom stereocenters. The first kappa shape index (κ1) is 19.3. The van der Waals surface area contributed by atoms with Crippen molar-refractivity contribution in [3.8, 4) is 0 Å². The fraction of sp³-hybridized carbons (Fsp3) is 0.409. The second-order valence-electron chi connectivity index (χ2n) is 8.03. The molecule has 0 heterocycles. The van der Waals surface area contributed by atoms with Crippen LogP contribution in [0, 0.1) is 24.2 Å². The molecule has 0 spiro atoms. The maximum atomic E-state index is 13.0. The summed E-state index contributed by atoms with van der Waals surface area (Å²) in [5.74, 6) is 0.675. The Balaban J connectivity index is 1.82. The van der Waals surface area contributed by atoms with Crippen molar-refractivity contribution in [1.29, 1.82) is 0 Å². The molecule has 1 aliphatic rings. The van der Waals surface area contributed by atoms with E-state index in [0.29, 0.717) is 16.0 Å². The molecule has 3 rings (SSSR count). The highest BCUT2D eigenvalue weighted by molar-refractivity contribution is 6.42. The molecule has 1 saturated carbocycles. The lowest BCUT2D eigenvalue weighted by Gasteiger charge is -2.31. The number of hydrogen-bond acceptors (Lipinski definition) is 1. The van der Waals surface area contributed by atoms with Crippen LogP contribution in [-0.2, 0) is 4.79 Å². The average Bonchev–Trinajstić information content (AvgIpc) is 2.83. The second-order valence-corrected chi connectivity index (χ2v) is 8.85. The molecule has 26 heavy (non-hydrogen) atoms. The van der Waals surface area contributed by atoms with Crippen LogP contribution in [0.2, 0.25) is 10.0 Å². The molecule has 138 valence electrons. The third-order valence-electron chi connectivity index (χ3n) is 6.17. The Morgan fingerprint density at radius 2 is 1.73 bits per heavy atom. The number of rotatable bonds is 3. The van der Waals surface area contributed by atoms with Gasteiger partial charge >= 0.3 is 0 Å². The Hall–Kier alpha value is -1.51. The minimum Gasteiger partial charge on any atom is -0.326 e. The fourth-order valence-electron chi connectivity index (χ4n) is 4.08. The van der Waals surface area contributed by atoms with Gasteiger partial charge in [-0.25, -0.2) is 0 Å². The summed E-state index contributed by atoms with van der Waals surface area (Å²) in [5.41, 5.74) is 3.08. The summed E-state index contributed by atoms with van der Waals surface area (Å²) < 4.78 is 0. The van der Waals surface area contributed by atoms with Crippen LogP contribution >= 0.6 is 23.2 Å². The number of aryl methyl sites for hydroxylation is 1. The zero-order valence-electron chi connectivity index (χ0n) is 15.6. The number of halogens is 2. The van der Waals surface area contributed by atoms with Gasteiger partial charge in [0.05, 0.1) is 10.0 Å². The molecule has 1 aliphatic carbocycles. The van der Waals surface area contributed by atoms with Crippen LogP contribution in [0.5, 0.6) is 0 Å². The Labute approximate surface area is 165 Å². The molecule has 0 bridgehead atoms. The van der Waals surface area contributed by atoms with Crippen LogP contribution in [0.4, 0.5) is 5.69 Å². The molecule has 1 N–H and O–H groups in total. The normalized spacial score (nSPS) is 24.5. The molecule has 2 nitrogen and oxygen atoms in total. The Morgan fingerprint density at radius 3 is 2.35 bits per heavy atom. The van der Waals surface area contributed by atoms with Gasteiger partial charge in [-0.1, -0.05) is 67.7 Å². The zero-order valence-corrected chi connectivity index (χ0v) is 17.2. The van der Waals surface area contributed by atoms with E-state index in [1.54, 1.807) is 0 Å². The number of anilines is 1. The average molecular weight is 390 g/mol. The van der Waals surface area contributed by atoms with Gasteiger partial charge < -0.3 is 5.32 Å². The van der Waals surface area contributed by atoms with Crippen LogP contribution in [0.1, 0.15) is 44.2 Å². The van der Waals surface area contributed by atoms with E-state index in [2.05, 4.69) is 26.1 Å². The van der Waals surface area contributed by atoms with Crippen molar-refractivity contribution in [2.75, 3.05) is 5.32 Å². The summed E-state index contributed by atoms with van der Waals surface area (Å²) in [6, 6.07) is 13.8.